The minimum Gasteiger partial charge on any atom is -0.348 e. The molecule has 1 fully saturated rings. The summed E-state index contributed by atoms with van der Waals surface area (Å²) in [5.41, 5.74) is 1.26. The number of carbonyl (C=O) groups is 1. The second-order valence-corrected chi connectivity index (χ2v) is 6.12. The molecule has 3 nitrogen and oxygen atoms in total. The molecule has 1 aliphatic rings. The van der Waals surface area contributed by atoms with E-state index in [9.17, 15) is 13.6 Å². The fraction of sp³-hybridized carbons (Fsp3) is 0.571. The number of alkyl halides is 2. The van der Waals surface area contributed by atoms with E-state index in [-0.39, 0.29) is 29.9 Å². The zero-order chi connectivity index (χ0) is 14.3. The Morgan fingerprint density at radius 3 is 2.42 bits per heavy atom. The van der Waals surface area contributed by atoms with Gasteiger partial charge in [0.2, 0.25) is 0 Å². The first kappa shape index (κ1) is 13.9. The van der Waals surface area contributed by atoms with Gasteiger partial charge in [0.25, 0.3) is 11.8 Å². The summed E-state index contributed by atoms with van der Waals surface area (Å²) in [5.74, 6) is -3.01. The number of aromatic nitrogens is 1. The van der Waals surface area contributed by atoms with Crippen molar-refractivity contribution in [1.82, 2.24) is 10.3 Å². The summed E-state index contributed by atoms with van der Waals surface area (Å²) in [6.07, 6.45) is 1.10. The second-order valence-electron chi connectivity index (χ2n) is 6.12. The lowest BCUT2D eigenvalue weighted by Gasteiger charge is -2.35. The number of pyridine rings is 1. The molecule has 104 valence electrons. The molecule has 2 rings (SSSR count). The van der Waals surface area contributed by atoms with Crippen molar-refractivity contribution in [3.05, 3.63) is 29.6 Å². The molecular formula is C14H18F2N2O. The van der Waals surface area contributed by atoms with Crippen molar-refractivity contribution in [2.45, 2.75) is 51.0 Å². The van der Waals surface area contributed by atoms with Gasteiger partial charge in [0.05, 0.1) is 0 Å². The van der Waals surface area contributed by atoms with Crippen LogP contribution in [0.4, 0.5) is 8.78 Å². The molecule has 0 aromatic carbocycles. The standard InChI is InChI=1S/C14H18F2N2O/c1-13(2,3)9-4-5-11(17-8-9)12(19)18-10-6-14(15,16)7-10/h4-5,8,10H,6-7H2,1-3H3,(H,18,19). The molecule has 0 spiro atoms. The SMILES string of the molecule is CC(C)(C)c1ccc(C(=O)NC2CC(F)(F)C2)nc1. The highest BCUT2D eigenvalue weighted by molar-refractivity contribution is 5.92. The van der Waals surface area contributed by atoms with Crippen LogP contribution in [0, 0.1) is 0 Å². The van der Waals surface area contributed by atoms with Gasteiger partial charge in [-0.05, 0) is 17.0 Å². The van der Waals surface area contributed by atoms with E-state index in [1.165, 1.54) is 0 Å². The largest absolute Gasteiger partial charge is 0.348 e. The van der Waals surface area contributed by atoms with Crippen molar-refractivity contribution in [3.63, 3.8) is 0 Å². The second kappa shape index (κ2) is 4.54. The maximum absolute atomic E-state index is 12.7. The van der Waals surface area contributed by atoms with Crippen molar-refractivity contribution in [1.29, 1.82) is 0 Å². The normalized spacial score (nSPS) is 18.8. The van der Waals surface area contributed by atoms with Crippen LogP contribution in [0.5, 0.6) is 0 Å². The maximum atomic E-state index is 12.7. The van der Waals surface area contributed by atoms with Crippen molar-refractivity contribution in [2.24, 2.45) is 0 Å². The summed E-state index contributed by atoms with van der Waals surface area (Å²) in [5, 5.41) is 2.57. The fourth-order valence-electron chi connectivity index (χ4n) is 1.99. The number of carbonyl (C=O) groups excluding carboxylic acids is 1. The summed E-state index contributed by atoms with van der Waals surface area (Å²) in [7, 11) is 0. The fourth-order valence-corrected chi connectivity index (χ4v) is 1.99. The van der Waals surface area contributed by atoms with Crippen molar-refractivity contribution >= 4 is 5.91 Å². The van der Waals surface area contributed by atoms with Gasteiger partial charge in [0.1, 0.15) is 5.69 Å². The third-order valence-corrected chi connectivity index (χ3v) is 3.29. The monoisotopic (exact) mass is 268 g/mol. The van der Waals surface area contributed by atoms with Crippen molar-refractivity contribution in [3.8, 4) is 0 Å². The zero-order valence-corrected chi connectivity index (χ0v) is 11.3. The summed E-state index contributed by atoms with van der Waals surface area (Å²) in [6, 6.07) is 3.04. The van der Waals surface area contributed by atoms with Gasteiger partial charge in [0.15, 0.2) is 0 Å². The maximum Gasteiger partial charge on any atom is 0.270 e. The third kappa shape index (κ3) is 3.28. The average Bonchev–Trinajstić information content (AvgIpc) is 2.25. The van der Waals surface area contributed by atoms with E-state index in [0.717, 1.165) is 5.56 Å². The number of halogens is 2. The minimum absolute atomic E-state index is 0.0297. The van der Waals surface area contributed by atoms with Crippen LogP contribution in [0.3, 0.4) is 0 Å². The van der Waals surface area contributed by atoms with E-state index in [4.69, 9.17) is 0 Å². The van der Waals surface area contributed by atoms with Crippen LogP contribution in [0.1, 0.15) is 49.7 Å². The van der Waals surface area contributed by atoms with Gasteiger partial charge in [-0.3, -0.25) is 9.78 Å². The Morgan fingerprint density at radius 1 is 1.37 bits per heavy atom. The first-order valence-corrected chi connectivity index (χ1v) is 6.33. The Hall–Kier alpha value is -1.52. The molecule has 0 aliphatic heterocycles. The number of hydrogen-bond donors (Lipinski definition) is 1. The topological polar surface area (TPSA) is 42.0 Å². The van der Waals surface area contributed by atoms with E-state index in [1.807, 2.05) is 6.07 Å². The number of amides is 1. The van der Waals surface area contributed by atoms with E-state index >= 15 is 0 Å². The van der Waals surface area contributed by atoms with Gasteiger partial charge in [-0.25, -0.2) is 8.78 Å². The highest BCUT2D eigenvalue weighted by Gasteiger charge is 2.46. The first-order chi connectivity index (χ1) is 8.67. The third-order valence-electron chi connectivity index (χ3n) is 3.29. The van der Waals surface area contributed by atoms with Gasteiger partial charge in [-0.1, -0.05) is 26.8 Å². The number of rotatable bonds is 2. The van der Waals surface area contributed by atoms with Crippen LogP contribution in [-0.2, 0) is 5.41 Å². The quantitative estimate of drug-likeness (QED) is 0.896. The smallest absolute Gasteiger partial charge is 0.270 e. The molecule has 19 heavy (non-hydrogen) atoms. The predicted molar refractivity (Wildman–Crippen MR) is 68.4 cm³/mol. The molecule has 1 aromatic heterocycles. The van der Waals surface area contributed by atoms with E-state index in [1.54, 1.807) is 12.3 Å². The lowest BCUT2D eigenvalue weighted by atomic mass is 9.87. The molecule has 0 bridgehead atoms. The molecule has 1 N–H and O–H groups in total. The van der Waals surface area contributed by atoms with E-state index in [0.29, 0.717) is 0 Å². The van der Waals surface area contributed by atoms with E-state index in [2.05, 4.69) is 31.1 Å². The summed E-state index contributed by atoms with van der Waals surface area (Å²) in [4.78, 5) is 15.9. The molecule has 1 heterocycles. The zero-order valence-electron chi connectivity index (χ0n) is 11.3. The Balaban J connectivity index is 1.97. The van der Waals surface area contributed by atoms with Gasteiger partial charge >= 0.3 is 0 Å². The number of hydrogen-bond acceptors (Lipinski definition) is 2. The van der Waals surface area contributed by atoms with Crippen molar-refractivity contribution < 1.29 is 13.6 Å². The molecule has 1 aromatic rings. The molecular weight excluding hydrogens is 250 g/mol. The van der Waals surface area contributed by atoms with Crippen LogP contribution in [0.2, 0.25) is 0 Å². The first-order valence-electron chi connectivity index (χ1n) is 6.33. The summed E-state index contributed by atoms with van der Waals surface area (Å²) < 4.78 is 25.3. The van der Waals surface area contributed by atoms with Crippen LogP contribution in [-0.4, -0.2) is 22.9 Å². The highest BCUT2D eigenvalue weighted by Crippen LogP contribution is 2.37. The molecule has 1 aliphatic carbocycles. The highest BCUT2D eigenvalue weighted by atomic mass is 19.3. The molecule has 0 saturated heterocycles. The van der Waals surface area contributed by atoms with Crippen LogP contribution >= 0.6 is 0 Å². The molecule has 0 radical (unpaired) electrons. The van der Waals surface area contributed by atoms with Crippen molar-refractivity contribution in [2.75, 3.05) is 0 Å². The van der Waals surface area contributed by atoms with Gasteiger partial charge in [-0.15, -0.1) is 0 Å². The van der Waals surface area contributed by atoms with Gasteiger partial charge in [-0.2, -0.15) is 0 Å². The molecule has 5 heteroatoms. The number of nitrogens with one attached hydrogen (secondary N) is 1. The van der Waals surface area contributed by atoms with Crippen LogP contribution in [0.25, 0.3) is 0 Å². The average molecular weight is 268 g/mol. The Morgan fingerprint density at radius 2 is 2.00 bits per heavy atom. The van der Waals surface area contributed by atoms with E-state index < -0.39 is 12.0 Å². The van der Waals surface area contributed by atoms with Gasteiger partial charge < -0.3 is 5.32 Å². The number of nitrogens with zero attached hydrogens (tertiary/aromatic N) is 1. The Kier molecular flexibility index (Phi) is 3.32. The predicted octanol–water partition coefficient (Wildman–Crippen LogP) is 2.91. The lowest BCUT2D eigenvalue weighted by Crippen LogP contribution is -2.50. The van der Waals surface area contributed by atoms with Crippen LogP contribution < -0.4 is 5.32 Å². The lowest BCUT2D eigenvalue weighted by molar-refractivity contribution is -0.0901. The molecule has 0 unspecified atom stereocenters. The molecule has 0 atom stereocenters. The Bertz CT molecular complexity index is 469. The van der Waals surface area contributed by atoms with Crippen LogP contribution in [0.15, 0.2) is 18.3 Å². The molecule has 1 saturated carbocycles. The minimum atomic E-state index is -2.62. The van der Waals surface area contributed by atoms with Gasteiger partial charge in [0, 0.05) is 25.1 Å². The molecule has 1 amide bonds. The summed E-state index contributed by atoms with van der Waals surface area (Å²) >= 11 is 0. The Labute approximate surface area is 111 Å². The summed E-state index contributed by atoms with van der Waals surface area (Å²) in [6.45, 7) is 6.17.